The van der Waals surface area contributed by atoms with Gasteiger partial charge in [0, 0.05) is 30.6 Å². The van der Waals surface area contributed by atoms with Gasteiger partial charge in [-0.25, -0.2) is 4.98 Å². The molecule has 0 aliphatic carbocycles. The molecule has 0 atom stereocenters. The molecule has 1 fully saturated rings. The molecule has 0 aromatic carbocycles. The molecule has 2 N–H and O–H groups in total. The topological polar surface area (TPSA) is 83.9 Å². The first-order valence-electron chi connectivity index (χ1n) is 9.15. The molecule has 1 aliphatic heterocycles. The van der Waals surface area contributed by atoms with Crippen molar-refractivity contribution >= 4 is 28.5 Å². The molecule has 0 unspecified atom stereocenters. The summed E-state index contributed by atoms with van der Waals surface area (Å²) in [4.78, 5) is 12.6. The highest BCUT2D eigenvalue weighted by Crippen LogP contribution is 2.22. The van der Waals surface area contributed by atoms with Crippen molar-refractivity contribution in [1.82, 2.24) is 15.3 Å². The summed E-state index contributed by atoms with van der Waals surface area (Å²) in [6.07, 6.45) is 2.72. The Kier molecular flexibility index (Phi) is 7.37. The van der Waals surface area contributed by atoms with Crippen LogP contribution < -0.4 is 20.4 Å². The first kappa shape index (κ1) is 19.5. The fourth-order valence-electron chi connectivity index (χ4n) is 2.52. The van der Waals surface area contributed by atoms with E-state index in [2.05, 4.69) is 43.7 Å². The maximum Gasteiger partial charge on any atom is 0.229 e. The first-order valence-corrected chi connectivity index (χ1v) is 9.97. The van der Waals surface area contributed by atoms with Crippen LogP contribution in [0.3, 0.4) is 0 Å². The van der Waals surface area contributed by atoms with E-state index in [4.69, 9.17) is 9.47 Å². The molecule has 2 aromatic heterocycles. The Morgan fingerprint density at radius 2 is 2.19 bits per heavy atom. The first-order chi connectivity index (χ1) is 13.3. The Hall–Kier alpha value is -2.23. The lowest BCUT2D eigenvalue weighted by molar-refractivity contribution is 0.122. The molecule has 0 radical (unpaired) electrons. The largest absolute Gasteiger partial charge is 0.476 e. The summed E-state index contributed by atoms with van der Waals surface area (Å²) in [5.74, 6) is 1.19. The molecule has 3 heterocycles. The number of rotatable bonds is 9. The lowest BCUT2D eigenvalue weighted by atomic mass is 10.4. The average molecular weight is 391 g/mol. The van der Waals surface area contributed by atoms with Crippen LogP contribution in [0.25, 0.3) is 0 Å². The molecule has 0 spiro atoms. The number of morpholine rings is 1. The van der Waals surface area contributed by atoms with E-state index < -0.39 is 0 Å². The zero-order valence-electron chi connectivity index (χ0n) is 15.8. The van der Waals surface area contributed by atoms with Gasteiger partial charge in [0.05, 0.1) is 25.1 Å². The minimum absolute atomic E-state index is 0.542. The second-order valence-corrected chi connectivity index (χ2v) is 7.14. The minimum Gasteiger partial charge on any atom is -0.476 e. The van der Waals surface area contributed by atoms with E-state index in [0.29, 0.717) is 37.3 Å². The number of thiophene rings is 1. The Balaban J connectivity index is 1.72. The van der Waals surface area contributed by atoms with Gasteiger partial charge >= 0.3 is 0 Å². The molecular weight excluding hydrogens is 364 g/mol. The lowest BCUT2D eigenvalue weighted by Crippen LogP contribution is -2.37. The van der Waals surface area contributed by atoms with E-state index in [1.807, 2.05) is 13.1 Å². The predicted octanol–water partition coefficient (Wildman–Crippen LogP) is 1.98. The van der Waals surface area contributed by atoms with Gasteiger partial charge in [0.25, 0.3) is 0 Å². The zero-order chi connectivity index (χ0) is 18.9. The van der Waals surface area contributed by atoms with Crippen LogP contribution in [0.1, 0.15) is 17.5 Å². The third-order valence-electron chi connectivity index (χ3n) is 3.99. The Labute approximate surface area is 163 Å². The van der Waals surface area contributed by atoms with Crippen molar-refractivity contribution in [3.63, 3.8) is 0 Å². The third kappa shape index (κ3) is 5.88. The van der Waals surface area contributed by atoms with Crippen LogP contribution in [-0.4, -0.2) is 62.7 Å². The number of hydrazone groups is 1. The van der Waals surface area contributed by atoms with Gasteiger partial charge in [-0.15, -0.1) is 11.3 Å². The van der Waals surface area contributed by atoms with Gasteiger partial charge in [0.2, 0.25) is 11.8 Å². The second kappa shape index (κ2) is 10.2. The zero-order valence-corrected chi connectivity index (χ0v) is 16.6. The van der Waals surface area contributed by atoms with Crippen LogP contribution in [0.5, 0.6) is 5.88 Å². The number of aryl methyl sites for hydroxylation is 1. The number of aromatic nitrogens is 2. The molecule has 0 amide bonds. The summed E-state index contributed by atoms with van der Waals surface area (Å²) >= 11 is 1.70. The van der Waals surface area contributed by atoms with Crippen LogP contribution in [0.4, 0.5) is 10.9 Å². The summed E-state index contributed by atoms with van der Waals surface area (Å²) in [5, 5.41) is 8.39. The van der Waals surface area contributed by atoms with Gasteiger partial charge in [-0.1, -0.05) is 6.92 Å². The molecule has 0 bridgehead atoms. The predicted molar refractivity (Wildman–Crippen MR) is 109 cm³/mol. The third-order valence-corrected chi connectivity index (χ3v) is 5.12. The van der Waals surface area contributed by atoms with E-state index in [-0.39, 0.29) is 0 Å². The van der Waals surface area contributed by atoms with Gasteiger partial charge in [0.15, 0.2) is 0 Å². The van der Waals surface area contributed by atoms with Gasteiger partial charge in [-0.05, 0) is 25.6 Å². The molecule has 3 rings (SSSR count). The quantitative estimate of drug-likeness (QED) is 0.385. The van der Waals surface area contributed by atoms with Crippen molar-refractivity contribution < 1.29 is 9.47 Å². The smallest absolute Gasteiger partial charge is 0.229 e. The summed E-state index contributed by atoms with van der Waals surface area (Å²) < 4.78 is 11.2. The minimum atomic E-state index is 0.542. The number of anilines is 2. The number of ether oxygens (including phenoxy) is 2. The normalized spacial score (nSPS) is 14.7. The average Bonchev–Trinajstić information content (AvgIpc) is 3.17. The van der Waals surface area contributed by atoms with Gasteiger partial charge in [-0.2, -0.15) is 10.1 Å². The fourth-order valence-corrected chi connectivity index (χ4v) is 3.32. The van der Waals surface area contributed by atoms with Crippen molar-refractivity contribution in [2.24, 2.45) is 5.10 Å². The molecule has 146 valence electrons. The molecule has 2 aromatic rings. The highest BCUT2D eigenvalue weighted by atomic mass is 32.1. The van der Waals surface area contributed by atoms with E-state index in [0.717, 1.165) is 31.1 Å². The van der Waals surface area contributed by atoms with Crippen LogP contribution in [0, 0.1) is 0 Å². The van der Waals surface area contributed by atoms with Gasteiger partial charge in [0.1, 0.15) is 11.6 Å². The van der Waals surface area contributed by atoms with Crippen molar-refractivity contribution in [2.75, 3.05) is 56.8 Å². The van der Waals surface area contributed by atoms with E-state index in [1.165, 1.54) is 4.88 Å². The molecule has 0 saturated carbocycles. The number of nitrogens with one attached hydrogen (secondary N) is 2. The monoisotopic (exact) mass is 390 g/mol. The van der Waals surface area contributed by atoms with Gasteiger partial charge < -0.3 is 19.7 Å². The van der Waals surface area contributed by atoms with Crippen molar-refractivity contribution in [2.45, 2.75) is 13.3 Å². The number of likely N-dealkylation sites (N-methyl/N-ethyl adjacent to an activating group) is 1. The maximum atomic E-state index is 5.75. The van der Waals surface area contributed by atoms with Crippen LogP contribution in [0.15, 0.2) is 23.3 Å². The van der Waals surface area contributed by atoms with Gasteiger partial charge in [-0.3, -0.25) is 5.43 Å². The number of nitrogens with zero attached hydrogens (tertiary/aromatic N) is 4. The summed E-state index contributed by atoms with van der Waals surface area (Å²) in [6.45, 7) is 6.32. The summed E-state index contributed by atoms with van der Waals surface area (Å²) in [5.41, 5.74) is 3.76. The van der Waals surface area contributed by atoms with Crippen LogP contribution in [-0.2, 0) is 11.2 Å². The lowest BCUT2D eigenvalue weighted by Gasteiger charge is -2.27. The summed E-state index contributed by atoms with van der Waals surface area (Å²) in [6, 6.07) is 5.94. The van der Waals surface area contributed by atoms with E-state index >= 15 is 0 Å². The van der Waals surface area contributed by atoms with Crippen molar-refractivity contribution in [3.05, 3.63) is 28.8 Å². The van der Waals surface area contributed by atoms with Crippen LogP contribution in [0.2, 0.25) is 0 Å². The molecule has 1 saturated heterocycles. The highest BCUT2D eigenvalue weighted by Gasteiger charge is 2.16. The van der Waals surface area contributed by atoms with Crippen molar-refractivity contribution in [3.8, 4) is 5.88 Å². The Morgan fingerprint density at radius 3 is 2.93 bits per heavy atom. The maximum absolute atomic E-state index is 5.75. The number of hydrogen-bond acceptors (Lipinski definition) is 9. The second-order valence-electron chi connectivity index (χ2n) is 5.97. The highest BCUT2D eigenvalue weighted by molar-refractivity contribution is 7.16. The number of hydrogen-bond donors (Lipinski definition) is 2. The molecular formula is C18H26N6O2S. The summed E-state index contributed by atoms with van der Waals surface area (Å²) in [7, 11) is 1.89. The fraction of sp³-hybridized carbons (Fsp3) is 0.500. The Bertz CT molecular complexity index is 745. The van der Waals surface area contributed by atoms with Crippen LogP contribution >= 0.6 is 11.3 Å². The van der Waals surface area contributed by atoms with Crippen molar-refractivity contribution in [1.29, 1.82) is 0 Å². The molecule has 1 aliphatic rings. The molecule has 9 heteroatoms. The van der Waals surface area contributed by atoms with E-state index in [9.17, 15) is 0 Å². The molecule has 27 heavy (non-hydrogen) atoms. The SMILES string of the molecule is CCc1ccc(N/N=C/c2cc(OCCNC)nc(N3CCOCC3)n2)s1. The molecule has 8 nitrogen and oxygen atoms in total. The Morgan fingerprint density at radius 1 is 1.33 bits per heavy atom. The standard InChI is InChI=1S/C18H26N6O2S/c1-3-15-4-5-17(27-15)23-20-13-14-12-16(26-9-6-19-2)22-18(21-14)24-7-10-25-11-8-24/h4-5,12-13,19,23H,3,6-11H2,1-2H3/b20-13+. The van der Waals surface area contributed by atoms with E-state index in [1.54, 1.807) is 23.6 Å².